The highest BCUT2D eigenvalue weighted by atomic mass is 79.9. The molecule has 0 aromatic heterocycles. The van der Waals surface area contributed by atoms with Gasteiger partial charge in [-0.25, -0.2) is 0 Å². The minimum Gasteiger partial charge on any atom is -0.492 e. The summed E-state index contributed by atoms with van der Waals surface area (Å²) >= 11 is 3.48. The maximum Gasteiger partial charge on any atom is 0.309 e. The molecule has 1 aliphatic rings. The van der Waals surface area contributed by atoms with Crippen LogP contribution in [-0.4, -0.2) is 42.8 Å². The number of benzene rings is 1. The van der Waals surface area contributed by atoms with E-state index in [1.54, 1.807) is 7.11 Å². The number of likely N-dealkylation sites (tertiary alicyclic amines) is 1. The van der Waals surface area contributed by atoms with Crippen molar-refractivity contribution in [2.75, 3.05) is 26.8 Å². The molecular formula is C14H18BrNO4. The maximum atomic E-state index is 10.8. The zero-order valence-electron chi connectivity index (χ0n) is 11.6. The fourth-order valence-corrected chi connectivity index (χ4v) is 2.94. The van der Waals surface area contributed by atoms with Gasteiger partial charge in [0.2, 0.25) is 0 Å². The predicted molar refractivity (Wildman–Crippen MR) is 78.3 cm³/mol. The maximum absolute atomic E-state index is 10.8. The molecule has 1 aromatic carbocycles. The lowest BCUT2D eigenvalue weighted by Gasteiger charge is -2.36. The van der Waals surface area contributed by atoms with Gasteiger partial charge in [0.25, 0.3) is 0 Å². The number of rotatable bonds is 6. The third-order valence-corrected chi connectivity index (χ3v) is 3.87. The first kappa shape index (κ1) is 15.1. The molecule has 0 bridgehead atoms. The predicted octanol–water partition coefficient (Wildman–Crippen LogP) is 2.37. The van der Waals surface area contributed by atoms with Gasteiger partial charge in [-0.05, 0) is 40.5 Å². The van der Waals surface area contributed by atoms with Crippen LogP contribution in [0.5, 0.6) is 11.5 Å². The quantitative estimate of drug-likeness (QED) is 0.859. The molecule has 1 fully saturated rings. The molecule has 5 nitrogen and oxygen atoms in total. The second-order valence-corrected chi connectivity index (χ2v) is 5.63. The molecule has 0 radical (unpaired) electrons. The van der Waals surface area contributed by atoms with Crippen LogP contribution in [0.15, 0.2) is 16.6 Å². The summed E-state index contributed by atoms with van der Waals surface area (Å²) in [4.78, 5) is 12.9. The topological polar surface area (TPSA) is 59.0 Å². The second kappa shape index (κ2) is 6.45. The first-order chi connectivity index (χ1) is 9.55. The van der Waals surface area contributed by atoms with Gasteiger partial charge in [0.15, 0.2) is 11.5 Å². The molecule has 2 rings (SSSR count). The number of ether oxygens (including phenoxy) is 2. The smallest absolute Gasteiger partial charge is 0.309 e. The van der Waals surface area contributed by atoms with Crippen molar-refractivity contribution in [2.45, 2.75) is 13.5 Å². The van der Waals surface area contributed by atoms with E-state index in [4.69, 9.17) is 14.6 Å². The molecule has 0 unspecified atom stereocenters. The molecule has 0 saturated carbocycles. The van der Waals surface area contributed by atoms with Crippen LogP contribution >= 0.6 is 15.9 Å². The van der Waals surface area contributed by atoms with E-state index in [1.165, 1.54) is 0 Å². The van der Waals surface area contributed by atoms with E-state index in [1.807, 2.05) is 19.1 Å². The highest BCUT2D eigenvalue weighted by Crippen LogP contribution is 2.37. The van der Waals surface area contributed by atoms with Gasteiger partial charge < -0.3 is 14.6 Å². The molecule has 1 heterocycles. The zero-order chi connectivity index (χ0) is 14.7. The molecule has 0 aliphatic carbocycles. The first-order valence-corrected chi connectivity index (χ1v) is 7.28. The van der Waals surface area contributed by atoms with Gasteiger partial charge in [-0.3, -0.25) is 9.69 Å². The Morgan fingerprint density at radius 2 is 2.20 bits per heavy atom. The van der Waals surface area contributed by atoms with E-state index in [0.717, 1.165) is 10.0 Å². The molecule has 1 aromatic rings. The molecule has 6 heteroatoms. The number of nitrogens with zero attached hydrogens (tertiary/aromatic N) is 1. The number of hydrogen-bond acceptors (Lipinski definition) is 4. The Hall–Kier alpha value is -1.27. The number of aliphatic carboxylic acids is 1. The Labute approximate surface area is 126 Å². The van der Waals surface area contributed by atoms with Crippen LogP contribution in [0.2, 0.25) is 0 Å². The Morgan fingerprint density at radius 3 is 2.75 bits per heavy atom. The van der Waals surface area contributed by atoms with Gasteiger partial charge in [-0.1, -0.05) is 0 Å². The minimum atomic E-state index is -0.716. The van der Waals surface area contributed by atoms with Crippen molar-refractivity contribution in [3.05, 3.63) is 22.2 Å². The van der Waals surface area contributed by atoms with Gasteiger partial charge in [-0.15, -0.1) is 0 Å². The Balaban J connectivity index is 2.07. The Morgan fingerprint density at radius 1 is 1.50 bits per heavy atom. The number of methoxy groups -OCH3 is 1. The lowest BCUT2D eigenvalue weighted by molar-refractivity contribution is -0.147. The minimum absolute atomic E-state index is 0.233. The van der Waals surface area contributed by atoms with Crippen LogP contribution in [-0.2, 0) is 11.3 Å². The lowest BCUT2D eigenvalue weighted by Crippen LogP contribution is -2.49. The summed E-state index contributed by atoms with van der Waals surface area (Å²) in [6, 6.07) is 3.93. The monoisotopic (exact) mass is 343 g/mol. The summed E-state index contributed by atoms with van der Waals surface area (Å²) in [5.41, 5.74) is 1.07. The molecule has 0 atom stereocenters. The molecule has 1 saturated heterocycles. The summed E-state index contributed by atoms with van der Waals surface area (Å²) in [6.45, 7) is 4.41. The number of hydrogen-bond donors (Lipinski definition) is 1. The fraction of sp³-hybridized carbons (Fsp3) is 0.500. The molecule has 1 aliphatic heterocycles. The van der Waals surface area contributed by atoms with Gasteiger partial charge >= 0.3 is 5.97 Å². The van der Waals surface area contributed by atoms with Gasteiger partial charge in [0.05, 0.1) is 24.1 Å². The van der Waals surface area contributed by atoms with Crippen LogP contribution in [0.25, 0.3) is 0 Å². The van der Waals surface area contributed by atoms with E-state index in [9.17, 15) is 4.79 Å². The highest BCUT2D eigenvalue weighted by Gasteiger charge is 2.32. The van der Waals surface area contributed by atoms with Crippen LogP contribution < -0.4 is 9.47 Å². The third-order valence-electron chi connectivity index (χ3n) is 3.29. The number of carboxylic acids is 1. The Kier molecular flexibility index (Phi) is 4.88. The highest BCUT2D eigenvalue weighted by molar-refractivity contribution is 9.10. The number of carboxylic acid groups (broad SMARTS) is 1. The van der Waals surface area contributed by atoms with Crippen molar-refractivity contribution in [3.8, 4) is 11.5 Å². The van der Waals surface area contributed by atoms with Crippen LogP contribution in [0.1, 0.15) is 12.5 Å². The molecular weight excluding hydrogens is 326 g/mol. The van der Waals surface area contributed by atoms with Crippen molar-refractivity contribution in [2.24, 2.45) is 5.92 Å². The standard InChI is InChI=1S/C14H18BrNO4/c1-3-20-12-5-9(4-11(15)13(12)19-2)6-16-7-10(8-16)14(17)18/h4-5,10H,3,6-8H2,1-2H3,(H,17,18). The van der Waals surface area contributed by atoms with Gasteiger partial charge in [0.1, 0.15) is 0 Å². The second-order valence-electron chi connectivity index (χ2n) is 4.77. The summed E-state index contributed by atoms with van der Waals surface area (Å²) in [5, 5.41) is 8.87. The molecule has 0 spiro atoms. The van der Waals surface area contributed by atoms with Crippen molar-refractivity contribution < 1.29 is 19.4 Å². The first-order valence-electron chi connectivity index (χ1n) is 6.49. The molecule has 20 heavy (non-hydrogen) atoms. The van der Waals surface area contributed by atoms with E-state index in [2.05, 4.69) is 20.8 Å². The lowest BCUT2D eigenvalue weighted by atomic mass is 9.99. The summed E-state index contributed by atoms with van der Waals surface area (Å²) in [7, 11) is 1.61. The van der Waals surface area contributed by atoms with E-state index < -0.39 is 5.97 Å². The molecule has 0 amide bonds. The van der Waals surface area contributed by atoms with Crippen LogP contribution in [0.3, 0.4) is 0 Å². The van der Waals surface area contributed by atoms with Crippen LogP contribution in [0.4, 0.5) is 0 Å². The number of carbonyl (C=O) groups is 1. The Bertz CT molecular complexity index is 500. The largest absolute Gasteiger partial charge is 0.492 e. The number of halogens is 1. The summed E-state index contributed by atoms with van der Waals surface area (Å²) < 4.78 is 11.7. The average molecular weight is 344 g/mol. The summed E-state index contributed by atoms with van der Waals surface area (Å²) in [6.07, 6.45) is 0. The van der Waals surface area contributed by atoms with E-state index in [-0.39, 0.29) is 5.92 Å². The summed E-state index contributed by atoms with van der Waals surface area (Å²) in [5.74, 6) is 0.438. The van der Waals surface area contributed by atoms with E-state index in [0.29, 0.717) is 37.7 Å². The normalized spacial score (nSPS) is 15.8. The van der Waals surface area contributed by atoms with Crippen LogP contribution in [0, 0.1) is 5.92 Å². The van der Waals surface area contributed by atoms with Crippen molar-refractivity contribution in [3.63, 3.8) is 0 Å². The van der Waals surface area contributed by atoms with Crippen molar-refractivity contribution in [1.82, 2.24) is 4.90 Å². The third kappa shape index (κ3) is 3.24. The van der Waals surface area contributed by atoms with E-state index >= 15 is 0 Å². The average Bonchev–Trinajstić information content (AvgIpc) is 2.33. The van der Waals surface area contributed by atoms with Crippen molar-refractivity contribution in [1.29, 1.82) is 0 Å². The zero-order valence-corrected chi connectivity index (χ0v) is 13.1. The molecule has 1 N–H and O–H groups in total. The molecule has 110 valence electrons. The SMILES string of the molecule is CCOc1cc(CN2CC(C(=O)O)C2)cc(Br)c1OC. The van der Waals surface area contributed by atoms with Gasteiger partial charge in [-0.2, -0.15) is 0 Å². The fourth-order valence-electron chi connectivity index (χ4n) is 2.29. The van der Waals surface area contributed by atoms with Gasteiger partial charge in [0, 0.05) is 19.6 Å². The van der Waals surface area contributed by atoms with Crippen molar-refractivity contribution >= 4 is 21.9 Å².